The van der Waals surface area contributed by atoms with E-state index < -0.39 is 12.1 Å². The van der Waals surface area contributed by atoms with Crippen molar-refractivity contribution in [1.29, 1.82) is 0 Å². The van der Waals surface area contributed by atoms with Crippen molar-refractivity contribution in [2.45, 2.75) is 6.10 Å². The first kappa shape index (κ1) is 14.1. The highest BCUT2D eigenvalue weighted by Crippen LogP contribution is 2.25. The lowest BCUT2D eigenvalue weighted by molar-refractivity contribution is -0.145. The summed E-state index contributed by atoms with van der Waals surface area (Å²) in [5.41, 5.74) is 0.596. The molecule has 0 amide bonds. The van der Waals surface area contributed by atoms with Crippen LogP contribution < -0.4 is 4.74 Å². The molecule has 5 heteroatoms. The van der Waals surface area contributed by atoms with Crippen LogP contribution in [-0.4, -0.2) is 11.1 Å². The lowest BCUT2D eigenvalue weighted by atomic mass is 10.1. The summed E-state index contributed by atoms with van der Waals surface area (Å²) in [6.45, 7) is 0. The summed E-state index contributed by atoms with van der Waals surface area (Å²) in [6, 6.07) is 14.1. The molecule has 0 heterocycles. The van der Waals surface area contributed by atoms with Crippen molar-refractivity contribution in [2.75, 3.05) is 0 Å². The predicted molar refractivity (Wildman–Crippen MR) is 79.3 cm³/mol. The van der Waals surface area contributed by atoms with Crippen LogP contribution in [0, 0.1) is 0 Å². The molecule has 0 aliphatic carbocycles. The minimum atomic E-state index is -1.02. The van der Waals surface area contributed by atoms with Crippen molar-refractivity contribution >= 4 is 37.8 Å². The summed E-state index contributed by atoms with van der Waals surface area (Å²) < 4.78 is 7.33. The molecule has 98 valence electrons. The topological polar surface area (TPSA) is 46.5 Å². The van der Waals surface area contributed by atoms with Gasteiger partial charge < -0.3 is 9.84 Å². The Labute approximate surface area is 127 Å². The lowest BCUT2D eigenvalue weighted by Crippen LogP contribution is -2.18. The van der Waals surface area contributed by atoms with Gasteiger partial charge in [0.05, 0.1) is 0 Å². The van der Waals surface area contributed by atoms with E-state index in [2.05, 4.69) is 31.9 Å². The maximum atomic E-state index is 11.3. The Balaban J connectivity index is 2.23. The molecule has 0 saturated heterocycles. The van der Waals surface area contributed by atoms with Gasteiger partial charge in [0.2, 0.25) is 6.10 Å². The molecule has 0 spiro atoms. The number of benzene rings is 2. The molecule has 2 aromatic rings. The van der Waals surface area contributed by atoms with Gasteiger partial charge in [0.1, 0.15) is 5.75 Å². The van der Waals surface area contributed by atoms with Crippen LogP contribution in [0.3, 0.4) is 0 Å². The van der Waals surface area contributed by atoms with E-state index in [1.54, 1.807) is 48.5 Å². The van der Waals surface area contributed by atoms with Crippen LogP contribution in [0.15, 0.2) is 57.5 Å². The van der Waals surface area contributed by atoms with E-state index in [0.29, 0.717) is 11.3 Å². The smallest absolute Gasteiger partial charge is 0.349 e. The van der Waals surface area contributed by atoms with Crippen molar-refractivity contribution in [1.82, 2.24) is 0 Å². The van der Waals surface area contributed by atoms with Crippen LogP contribution in [0.1, 0.15) is 11.7 Å². The number of hydrogen-bond donors (Lipinski definition) is 1. The second-order valence-corrected chi connectivity index (χ2v) is 5.67. The Morgan fingerprint density at radius 3 is 1.89 bits per heavy atom. The van der Waals surface area contributed by atoms with Gasteiger partial charge in [-0.05, 0) is 36.4 Å². The second-order valence-electron chi connectivity index (χ2n) is 3.84. The normalized spacial score (nSPS) is 11.9. The number of carbonyl (C=O) groups is 1. The third-order valence-electron chi connectivity index (χ3n) is 2.46. The van der Waals surface area contributed by atoms with Crippen LogP contribution in [0.5, 0.6) is 5.75 Å². The molecule has 2 rings (SSSR count). The maximum Gasteiger partial charge on any atom is 0.349 e. The molecule has 0 aromatic heterocycles. The second kappa shape index (κ2) is 6.21. The molecule has 0 unspecified atom stereocenters. The summed E-state index contributed by atoms with van der Waals surface area (Å²) in [7, 11) is 0. The number of halogens is 2. The van der Waals surface area contributed by atoms with Crippen LogP contribution in [0.25, 0.3) is 0 Å². The Morgan fingerprint density at radius 1 is 0.947 bits per heavy atom. The number of ether oxygens (including phenoxy) is 1. The molecular weight excluding hydrogens is 376 g/mol. The first-order chi connectivity index (χ1) is 9.06. The average molecular weight is 386 g/mol. The molecule has 3 nitrogen and oxygen atoms in total. The molecule has 1 atom stereocenters. The zero-order chi connectivity index (χ0) is 13.8. The third kappa shape index (κ3) is 3.81. The highest BCUT2D eigenvalue weighted by Gasteiger charge is 2.21. The van der Waals surface area contributed by atoms with E-state index in [1.807, 2.05) is 0 Å². The van der Waals surface area contributed by atoms with E-state index in [0.717, 1.165) is 8.95 Å². The monoisotopic (exact) mass is 384 g/mol. The van der Waals surface area contributed by atoms with Crippen molar-refractivity contribution < 1.29 is 14.6 Å². The molecule has 19 heavy (non-hydrogen) atoms. The molecule has 1 N–H and O–H groups in total. The van der Waals surface area contributed by atoms with Crippen molar-refractivity contribution in [3.8, 4) is 5.75 Å². The first-order valence-corrected chi connectivity index (χ1v) is 7.05. The quantitative estimate of drug-likeness (QED) is 0.847. The molecular formula is C14H10Br2O3. The van der Waals surface area contributed by atoms with Crippen molar-refractivity contribution in [3.63, 3.8) is 0 Å². The molecule has 0 aliphatic heterocycles. The standard InChI is InChI=1S/C14H10Br2O3/c15-10-3-1-9(2-4-10)13(14(17)18)19-12-7-5-11(16)6-8-12/h1-8,13H,(H,17,18)/t13-/m1/s1. The fraction of sp³-hybridized carbons (Fsp3) is 0.0714. The van der Waals surface area contributed by atoms with Gasteiger partial charge >= 0.3 is 5.97 Å². The highest BCUT2D eigenvalue weighted by molar-refractivity contribution is 9.10. The minimum absolute atomic E-state index is 0.513. The number of carboxylic acid groups (broad SMARTS) is 1. The SMILES string of the molecule is O=C(O)[C@H](Oc1ccc(Br)cc1)c1ccc(Br)cc1. The molecule has 2 aromatic carbocycles. The highest BCUT2D eigenvalue weighted by atomic mass is 79.9. The van der Waals surface area contributed by atoms with Gasteiger partial charge in [-0.25, -0.2) is 4.79 Å². The molecule has 0 fully saturated rings. The summed E-state index contributed by atoms with van der Waals surface area (Å²) >= 11 is 6.63. The Hall–Kier alpha value is -1.33. The molecule has 0 saturated carbocycles. The fourth-order valence-corrected chi connectivity index (χ4v) is 2.08. The van der Waals surface area contributed by atoms with Crippen molar-refractivity contribution in [3.05, 3.63) is 63.0 Å². The lowest BCUT2D eigenvalue weighted by Gasteiger charge is -2.15. The summed E-state index contributed by atoms with van der Waals surface area (Å²) in [5, 5.41) is 9.27. The van der Waals surface area contributed by atoms with Gasteiger partial charge in [0, 0.05) is 14.5 Å². The Morgan fingerprint density at radius 2 is 1.42 bits per heavy atom. The minimum Gasteiger partial charge on any atom is -0.478 e. The van der Waals surface area contributed by atoms with E-state index in [1.165, 1.54) is 0 Å². The third-order valence-corrected chi connectivity index (χ3v) is 3.52. The Bertz CT molecular complexity index is 564. The maximum absolute atomic E-state index is 11.3. The zero-order valence-electron chi connectivity index (χ0n) is 9.72. The number of aliphatic carboxylic acids is 1. The molecule has 0 radical (unpaired) electrons. The molecule has 0 aliphatic rings. The van der Waals surface area contributed by atoms with E-state index >= 15 is 0 Å². The van der Waals surface area contributed by atoms with Crippen LogP contribution in [-0.2, 0) is 4.79 Å². The van der Waals surface area contributed by atoms with Crippen LogP contribution >= 0.6 is 31.9 Å². The van der Waals surface area contributed by atoms with Gasteiger partial charge in [-0.3, -0.25) is 0 Å². The van der Waals surface area contributed by atoms with Gasteiger partial charge in [-0.2, -0.15) is 0 Å². The van der Waals surface area contributed by atoms with E-state index in [-0.39, 0.29) is 0 Å². The van der Waals surface area contributed by atoms with Crippen molar-refractivity contribution in [2.24, 2.45) is 0 Å². The fourth-order valence-electron chi connectivity index (χ4n) is 1.55. The average Bonchev–Trinajstić information content (AvgIpc) is 2.39. The first-order valence-electron chi connectivity index (χ1n) is 5.47. The zero-order valence-corrected chi connectivity index (χ0v) is 12.9. The summed E-state index contributed by atoms with van der Waals surface area (Å²) in [4.78, 5) is 11.3. The van der Waals surface area contributed by atoms with Gasteiger partial charge in [-0.15, -0.1) is 0 Å². The van der Waals surface area contributed by atoms with E-state index in [4.69, 9.17) is 4.74 Å². The van der Waals surface area contributed by atoms with Gasteiger partial charge in [-0.1, -0.05) is 44.0 Å². The van der Waals surface area contributed by atoms with E-state index in [9.17, 15) is 9.90 Å². The van der Waals surface area contributed by atoms with Crippen LogP contribution in [0.2, 0.25) is 0 Å². The molecule has 0 bridgehead atoms. The largest absolute Gasteiger partial charge is 0.478 e. The summed E-state index contributed by atoms with van der Waals surface area (Å²) in [6.07, 6.45) is -1.02. The van der Waals surface area contributed by atoms with Crippen LogP contribution in [0.4, 0.5) is 0 Å². The predicted octanol–water partition coefficient (Wildman–Crippen LogP) is 4.42. The number of carboxylic acids is 1. The summed E-state index contributed by atoms with van der Waals surface area (Å²) in [5.74, 6) is -0.510. The number of hydrogen-bond acceptors (Lipinski definition) is 2. The Kier molecular flexibility index (Phi) is 4.61. The number of rotatable bonds is 4. The van der Waals surface area contributed by atoms with Gasteiger partial charge in [0.25, 0.3) is 0 Å². The van der Waals surface area contributed by atoms with Gasteiger partial charge in [0.15, 0.2) is 0 Å².